The predicted molar refractivity (Wildman–Crippen MR) is 171 cm³/mol. The molecule has 1 saturated heterocycles. The van der Waals surface area contributed by atoms with E-state index in [1.54, 1.807) is 35.0 Å². The average Bonchev–Trinajstić information content (AvgIpc) is 3.70. The highest BCUT2D eigenvalue weighted by Crippen LogP contribution is 2.59. The van der Waals surface area contributed by atoms with Gasteiger partial charge >= 0.3 is 5.97 Å². The van der Waals surface area contributed by atoms with Crippen LogP contribution in [0.15, 0.2) is 91.3 Å². The van der Waals surface area contributed by atoms with Crippen LogP contribution < -0.4 is 0 Å². The molecule has 7 rings (SSSR count). The smallest absolute Gasteiger partial charge is 0.352 e. The van der Waals surface area contributed by atoms with Crippen LogP contribution in [-0.4, -0.2) is 64.2 Å². The molecule has 12 nitrogen and oxygen atoms in total. The van der Waals surface area contributed by atoms with E-state index in [1.165, 1.54) is 47.8 Å². The number of nitro groups is 1. The molecule has 0 unspecified atom stereocenters. The number of benzene rings is 2. The maximum Gasteiger partial charge on any atom is 0.352 e. The summed E-state index contributed by atoms with van der Waals surface area (Å²) < 4.78 is 1.66. The van der Waals surface area contributed by atoms with Gasteiger partial charge in [0.05, 0.1) is 27.9 Å². The summed E-state index contributed by atoms with van der Waals surface area (Å²) in [7, 11) is 0. The number of amides is 1. The number of imidazole rings is 1. The van der Waals surface area contributed by atoms with Crippen LogP contribution in [0, 0.1) is 21.4 Å². The van der Waals surface area contributed by atoms with E-state index in [0.29, 0.717) is 26.4 Å². The molecule has 5 heterocycles. The Bertz CT molecular complexity index is 2140. The van der Waals surface area contributed by atoms with E-state index in [-0.39, 0.29) is 29.3 Å². The van der Waals surface area contributed by atoms with E-state index < -0.39 is 40.3 Å². The van der Waals surface area contributed by atoms with Crippen LogP contribution in [0.3, 0.4) is 0 Å². The lowest BCUT2D eigenvalue weighted by Gasteiger charge is -2.51. The molecule has 0 radical (unpaired) electrons. The third-order valence-corrected chi connectivity index (χ3v) is 10.2. The highest BCUT2D eigenvalue weighted by Gasteiger charge is 2.66. The summed E-state index contributed by atoms with van der Waals surface area (Å²) in [6.45, 7) is 3.35. The van der Waals surface area contributed by atoms with Crippen molar-refractivity contribution >= 4 is 45.1 Å². The Kier molecular flexibility index (Phi) is 7.10. The van der Waals surface area contributed by atoms with Crippen molar-refractivity contribution in [3.05, 3.63) is 123 Å². The number of pyridine rings is 1. The van der Waals surface area contributed by atoms with Crippen molar-refractivity contribution < 1.29 is 29.5 Å². The lowest BCUT2D eigenvalue weighted by atomic mass is 9.64. The standard InChI is InChI=1S/C34H27N5O7S/c1-18(40)25-30-34(2,13-19-8-10-23(11-9-19)39(45)46)26(28(33(43)44)38(30)31(25)42)24-16-37-17-36-27(32(37)47-24)29(41)22-12-21(14-35-15-22)20-6-4-3-5-7-20/h3-12,14-18,25,30,40H,13H2,1-2H3,(H,43,44)/t18-,25-,30-,34+/m1/s1. The molecule has 0 aliphatic carbocycles. The second-order valence-corrected chi connectivity index (χ2v) is 13.1. The monoisotopic (exact) mass is 649 g/mol. The van der Waals surface area contributed by atoms with Gasteiger partial charge in [-0.25, -0.2) is 9.78 Å². The quantitative estimate of drug-likeness (QED) is 0.0980. The minimum Gasteiger partial charge on any atom is -0.477 e. The molecule has 1 fully saturated rings. The molecule has 47 heavy (non-hydrogen) atoms. The normalized spacial score (nSPS) is 21.1. The first-order valence-electron chi connectivity index (χ1n) is 14.7. The van der Waals surface area contributed by atoms with E-state index in [0.717, 1.165) is 11.1 Å². The number of fused-ring (bicyclic) bond motifs is 2. The summed E-state index contributed by atoms with van der Waals surface area (Å²) in [5.41, 5.74) is 1.95. The lowest BCUT2D eigenvalue weighted by molar-refractivity contribution is -0.384. The van der Waals surface area contributed by atoms with Crippen molar-refractivity contribution in [3.63, 3.8) is 0 Å². The third-order valence-electron chi connectivity index (χ3n) is 9.06. The fourth-order valence-electron chi connectivity index (χ4n) is 6.97. The van der Waals surface area contributed by atoms with E-state index in [1.807, 2.05) is 37.3 Å². The van der Waals surface area contributed by atoms with Crippen molar-refractivity contribution in [1.29, 1.82) is 0 Å². The molecule has 5 aromatic rings. The Balaban J connectivity index is 1.33. The van der Waals surface area contributed by atoms with Crippen LogP contribution in [-0.2, 0) is 16.0 Å². The van der Waals surface area contributed by atoms with Crippen molar-refractivity contribution in [3.8, 4) is 11.1 Å². The molecule has 0 bridgehead atoms. The number of nitrogens with zero attached hydrogens (tertiary/aromatic N) is 5. The van der Waals surface area contributed by atoms with Crippen LogP contribution in [0.5, 0.6) is 0 Å². The fraction of sp³-hybridized carbons (Fsp3) is 0.206. The molecule has 3 aromatic heterocycles. The maximum atomic E-state index is 13.8. The van der Waals surface area contributed by atoms with Crippen molar-refractivity contribution in [2.75, 3.05) is 0 Å². The number of aromatic nitrogens is 3. The van der Waals surface area contributed by atoms with Gasteiger partial charge in [-0.2, -0.15) is 0 Å². The number of hydrogen-bond donors (Lipinski definition) is 2. The highest BCUT2D eigenvalue weighted by atomic mass is 32.1. The summed E-state index contributed by atoms with van der Waals surface area (Å²) >= 11 is 1.18. The zero-order valence-corrected chi connectivity index (χ0v) is 25.9. The molecule has 2 aromatic carbocycles. The van der Waals surface area contributed by atoms with E-state index in [4.69, 9.17) is 0 Å². The number of non-ortho nitro benzene ring substituents is 1. The molecule has 2 aliphatic rings. The molecule has 1 amide bonds. The van der Waals surface area contributed by atoms with Gasteiger partial charge in [-0.05, 0) is 30.5 Å². The van der Waals surface area contributed by atoms with Crippen LogP contribution >= 0.6 is 11.3 Å². The number of aliphatic hydroxyl groups is 1. The number of nitro benzene ring substituents is 1. The van der Waals surface area contributed by atoms with E-state index >= 15 is 0 Å². The number of rotatable bonds is 9. The summed E-state index contributed by atoms with van der Waals surface area (Å²) in [6, 6.07) is 16.6. The molecule has 0 saturated carbocycles. The molecule has 13 heteroatoms. The Morgan fingerprint density at radius 1 is 1.11 bits per heavy atom. The third kappa shape index (κ3) is 4.73. The van der Waals surface area contributed by atoms with Crippen LogP contribution in [0.1, 0.15) is 40.3 Å². The van der Waals surface area contributed by atoms with Crippen molar-refractivity contribution in [2.24, 2.45) is 11.3 Å². The first-order chi connectivity index (χ1) is 22.5. The van der Waals surface area contributed by atoms with Gasteiger partial charge in [0.15, 0.2) is 0 Å². The number of aliphatic carboxylic acids is 1. The number of β-lactam (4-membered cyclic amide) rings is 1. The number of aliphatic hydroxyl groups excluding tert-OH is 1. The maximum absolute atomic E-state index is 13.8. The fourth-order valence-corrected chi connectivity index (χ4v) is 8.23. The second-order valence-electron chi connectivity index (χ2n) is 12.0. The van der Waals surface area contributed by atoms with Gasteiger partial charge in [-0.15, -0.1) is 11.3 Å². The lowest BCUT2D eigenvalue weighted by Crippen LogP contribution is -2.66. The highest BCUT2D eigenvalue weighted by molar-refractivity contribution is 7.18. The van der Waals surface area contributed by atoms with E-state index in [2.05, 4.69) is 9.97 Å². The topological polar surface area (TPSA) is 168 Å². The summed E-state index contributed by atoms with van der Waals surface area (Å²) in [5, 5.41) is 32.4. The van der Waals surface area contributed by atoms with Crippen LogP contribution in [0.2, 0.25) is 0 Å². The largest absolute Gasteiger partial charge is 0.477 e. The van der Waals surface area contributed by atoms with Gasteiger partial charge in [0, 0.05) is 52.8 Å². The first-order valence-corrected chi connectivity index (χ1v) is 15.6. The molecule has 4 atom stereocenters. The minimum absolute atomic E-state index is 0.0859. The first kappa shape index (κ1) is 30.1. The number of carbonyl (C=O) groups is 3. The molecule has 2 N–H and O–H groups in total. The van der Waals surface area contributed by atoms with Crippen molar-refractivity contribution in [2.45, 2.75) is 32.4 Å². The van der Waals surface area contributed by atoms with Gasteiger partial charge in [-0.3, -0.25) is 29.1 Å². The Morgan fingerprint density at radius 2 is 1.83 bits per heavy atom. The minimum atomic E-state index is -1.30. The number of ketones is 1. The summed E-state index contributed by atoms with van der Waals surface area (Å²) in [5.74, 6) is -2.99. The average molecular weight is 650 g/mol. The van der Waals surface area contributed by atoms with Gasteiger partial charge in [0.25, 0.3) is 5.69 Å². The van der Waals surface area contributed by atoms with E-state index in [9.17, 15) is 34.7 Å². The number of hydrogen-bond acceptors (Lipinski definition) is 9. The van der Waals surface area contributed by atoms with Crippen LogP contribution in [0.4, 0.5) is 5.69 Å². The number of thiazole rings is 1. The summed E-state index contributed by atoms with van der Waals surface area (Å²) in [4.78, 5) is 61.6. The van der Waals surface area contributed by atoms with Gasteiger partial charge < -0.3 is 15.1 Å². The number of carbonyl (C=O) groups excluding carboxylic acids is 2. The Labute approximate surface area is 271 Å². The van der Waals surface area contributed by atoms with Gasteiger partial charge in [0.2, 0.25) is 11.7 Å². The second kappa shape index (κ2) is 11.1. The molecular weight excluding hydrogens is 622 g/mol. The molecular formula is C34H27N5O7S. The molecule has 2 aliphatic heterocycles. The SMILES string of the molecule is C[C@@H](O)[C@H]1C(=O)N2C(C(=O)O)=C(c3cn4cnc(C(=O)c5cncc(-c6ccccc6)c5)c4s3)[C@](C)(Cc3ccc([N+](=O)[O-])cc3)[C@@H]12. The number of carboxylic acid groups (broad SMARTS) is 1. The zero-order chi connectivity index (χ0) is 33.2. The summed E-state index contributed by atoms with van der Waals surface area (Å²) in [6.07, 6.45) is 5.52. The molecule has 236 valence electrons. The van der Waals surface area contributed by atoms with Gasteiger partial charge in [0.1, 0.15) is 22.5 Å². The molecule has 0 spiro atoms. The number of carboxylic acids is 1. The van der Waals surface area contributed by atoms with Crippen LogP contribution in [0.25, 0.3) is 21.5 Å². The zero-order valence-electron chi connectivity index (χ0n) is 25.1. The predicted octanol–water partition coefficient (Wildman–Crippen LogP) is 4.86. The Hall–Kier alpha value is -5.53. The van der Waals surface area contributed by atoms with Crippen molar-refractivity contribution in [1.82, 2.24) is 19.3 Å². The Morgan fingerprint density at radius 3 is 2.49 bits per heavy atom. The van der Waals surface area contributed by atoms with Gasteiger partial charge in [-0.1, -0.05) is 49.4 Å².